The molecule has 4 heteroatoms. The summed E-state index contributed by atoms with van der Waals surface area (Å²) in [5, 5.41) is 2.31. The standard InChI is InChI=1S/C49H42S4/c1-29-8-16-33(17-9-29)48(34-18-10-30(2)11-19-34)39-24-25-50-45(39)37-26-41-38(27-40(37)48)46-44(47-42(51-46)28-43(52-47)53(5,6)7)49(41,35-20-12-31(3)13-21-35)36-22-14-32(4)15-23-36/h8-28H,1-7H3. The van der Waals surface area contributed by atoms with Crippen LogP contribution in [0.2, 0.25) is 0 Å². The molecular formula is C49H42S4. The molecule has 0 aliphatic heterocycles. The summed E-state index contributed by atoms with van der Waals surface area (Å²) in [6.45, 7) is 8.80. The molecule has 2 aliphatic rings. The van der Waals surface area contributed by atoms with Crippen molar-refractivity contribution in [3.05, 3.63) is 193 Å². The maximum absolute atomic E-state index is 2.63. The summed E-state index contributed by atoms with van der Waals surface area (Å²) in [6.07, 6.45) is 7.30. The number of benzene rings is 5. The highest BCUT2D eigenvalue weighted by Gasteiger charge is 2.53. The molecule has 0 fully saturated rings. The third-order valence-corrected chi connectivity index (χ3v) is 18.1. The third-order valence-electron chi connectivity index (χ3n) is 11.8. The molecule has 262 valence electrons. The first-order valence-corrected chi connectivity index (χ1v) is 23.7. The van der Waals surface area contributed by atoms with E-state index in [1.165, 1.54) is 101 Å². The Kier molecular flexibility index (Phi) is 7.34. The summed E-state index contributed by atoms with van der Waals surface area (Å²) in [4.78, 5) is 2.82. The fourth-order valence-corrected chi connectivity index (χ4v) is 14.4. The fourth-order valence-electron chi connectivity index (χ4n) is 9.16. The predicted molar refractivity (Wildman–Crippen MR) is 235 cm³/mol. The lowest BCUT2D eigenvalue weighted by Gasteiger charge is -2.35. The zero-order valence-electron chi connectivity index (χ0n) is 31.3. The van der Waals surface area contributed by atoms with E-state index in [-0.39, 0.29) is 0 Å². The Hall–Kier alpha value is -4.19. The van der Waals surface area contributed by atoms with Crippen LogP contribution < -0.4 is 0 Å². The maximum atomic E-state index is 2.63. The van der Waals surface area contributed by atoms with Gasteiger partial charge in [0.1, 0.15) is 0 Å². The minimum atomic E-state index is -0.889. The summed E-state index contributed by atoms with van der Waals surface area (Å²) in [6, 6.07) is 47.8. The van der Waals surface area contributed by atoms with E-state index in [9.17, 15) is 0 Å². The second-order valence-corrected chi connectivity index (χ2v) is 23.4. The Morgan fingerprint density at radius 3 is 1.36 bits per heavy atom. The number of thiophene rings is 3. The Morgan fingerprint density at radius 1 is 0.453 bits per heavy atom. The Labute approximate surface area is 327 Å². The number of hydrogen-bond donors (Lipinski definition) is 0. The van der Waals surface area contributed by atoms with Gasteiger partial charge in [0.2, 0.25) is 0 Å². The van der Waals surface area contributed by atoms with Gasteiger partial charge in [-0.2, -0.15) is 0 Å². The van der Waals surface area contributed by atoms with Crippen LogP contribution in [-0.4, -0.2) is 18.8 Å². The monoisotopic (exact) mass is 758 g/mol. The van der Waals surface area contributed by atoms with Crippen LogP contribution in [0.1, 0.15) is 66.8 Å². The van der Waals surface area contributed by atoms with Gasteiger partial charge in [0.05, 0.1) is 15.5 Å². The van der Waals surface area contributed by atoms with Gasteiger partial charge in [-0.1, -0.05) is 119 Å². The number of aryl methyl sites for hydroxylation is 4. The van der Waals surface area contributed by atoms with Crippen molar-refractivity contribution in [1.82, 2.24) is 0 Å². The van der Waals surface area contributed by atoms with Gasteiger partial charge in [0, 0.05) is 24.2 Å². The van der Waals surface area contributed by atoms with Crippen LogP contribution in [0.25, 0.3) is 30.3 Å². The van der Waals surface area contributed by atoms with Gasteiger partial charge in [-0.3, -0.25) is 0 Å². The summed E-state index contributed by atoms with van der Waals surface area (Å²) in [5.74, 6) is 0. The molecule has 0 atom stereocenters. The molecule has 10 rings (SSSR count). The highest BCUT2D eigenvalue weighted by Crippen LogP contribution is 2.67. The summed E-state index contributed by atoms with van der Waals surface area (Å²) >= 11 is 5.96. The number of fused-ring (bicyclic) bond motifs is 8. The van der Waals surface area contributed by atoms with Crippen molar-refractivity contribution >= 4 is 53.4 Å². The lowest BCUT2D eigenvalue weighted by molar-refractivity contribution is 0.762. The SMILES string of the molecule is Cc1ccc(C2(c3ccc(C)cc3)c3cc4c(cc3-c3sccc32)C(c2ccc(C)cc2)(c2ccc(C)cc2)c2c-4sc3cc(S(C)(C)C)sc23)cc1. The van der Waals surface area contributed by atoms with E-state index < -0.39 is 20.9 Å². The highest BCUT2D eigenvalue weighted by atomic mass is 32.3. The lowest BCUT2D eigenvalue weighted by Crippen LogP contribution is -2.30. The molecule has 0 spiro atoms. The van der Waals surface area contributed by atoms with Gasteiger partial charge in [-0.25, -0.2) is 10.0 Å². The Morgan fingerprint density at radius 2 is 0.887 bits per heavy atom. The predicted octanol–water partition coefficient (Wildman–Crippen LogP) is 14.0. The van der Waals surface area contributed by atoms with Crippen LogP contribution >= 0.6 is 44.0 Å². The average Bonchev–Trinajstić information content (AvgIpc) is 3.95. The summed E-state index contributed by atoms with van der Waals surface area (Å²) in [7, 11) is -0.889. The minimum absolute atomic E-state index is 0.419. The Balaban J connectivity index is 1.37. The smallest absolute Gasteiger partial charge is 0.0736 e. The highest BCUT2D eigenvalue weighted by molar-refractivity contribution is 8.33. The molecule has 2 aliphatic carbocycles. The van der Waals surface area contributed by atoms with Crippen molar-refractivity contribution in [3.63, 3.8) is 0 Å². The molecule has 0 N–H and O–H groups in total. The summed E-state index contributed by atoms with van der Waals surface area (Å²) in [5.41, 5.74) is 18.1. The maximum Gasteiger partial charge on any atom is 0.0736 e. The number of rotatable bonds is 5. The first-order chi connectivity index (χ1) is 25.5. The molecule has 53 heavy (non-hydrogen) atoms. The summed E-state index contributed by atoms with van der Waals surface area (Å²) < 4.78 is 4.41. The molecule has 0 saturated carbocycles. The van der Waals surface area contributed by atoms with E-state index in [1.54, 1.807) is 0 Å². The van der Waals surface area contributed by atoms with Crippen molar-refractivity contribution in [2.45, 2.75) is 42.7 Å². The van der Waals surface area contributed by atoms with Crippen LogP contribution in [0, 0.1) is 27.7 Å². The van der Waals surface area contributed by atoms with E-state index in [0.29, 0.717) is 0 Å². The molecule has 3 heterocycles. The van der Waals surface area contributed by atoms with Gasteiger partial charge in [-0.15, -0.1) is 34.0 Å². The molecular weight excluding hydrogens is 717 g/mol. The lowest BCUT2D eigenvalue weighted by atomic mass is 9.66. The molecule has 8 aromatic rings. The van der Waals surface area contributed by atoms with Gasteiger partial charge in [0.15, 0.2) is 0 Å². The van der Waals surface area contributed by atoms with Crippen LogP contribution in [0.3, 0.4) is 0 Å². The van der Waals surface area contributed by atoms with Gasteiger partial charge in [-0.05, 0) is 126 Å². The minimum Gasteiger partial charge on any atom is -0.214 e. The third kappa shape index (κ3) is 4.59. The van der Waals surface area contributed by atoms with Crippen molar-refractivity contribution in [2.24, 2.45) is 0 Å². The molecule has 3 aromatic heterocycles. The van der Waals surface area contributed by atoms with Crippen molar-refractivity contribution in [3.8, 4) is 20.9 Å². The molecule has 0 bridgehead atoms. The molecule has 0 amide bonds. The van der Waals surface area contributed by atoms with Crippen molar-refractivity contribution < 1.29 is 0 Å². The van der Waals surface area contributed by atoms with E-state index in [1.807, 2.05) is 34.0 Å². The zero-order chi connectivity index (χ0) is 36.4. The average molecular weight is 759 g/mol. The van der Waals surface area contributed by atoms with Gasteiger partial charge < -0.3 is 0 Å². The van der Waals surface area contributed by atoms with E-state index >= 15 is 0 Å². The first-order valence-electron chi connectivity index (χ1n) is 18.3. The second kappa shape index (κ2) is 11.7. The van der Waals surface area contributed by atoms with E-state index in [0.717, 1.165) is 0 Å². The van der Waals surface area contributed by atoms with Gasteiger partial charge in [0.25, 0.3) is 0 Å². The molecule has 0 radical (unpaired) electrons. The quantitative estimate of drug-likeness (QED) is 0.164. The molecule has 0 nitrogen and oxygen atoms in total. The second-order valence-electron chi connectivity index (χ2n) is 16.0. The molecule has 5 aromatic carbocycles. The Bertz CT molecular complexity index is 2620. The van der Waals surface area contributed by atoms with E-state index in [4.69, 9.17) is 0 Å². The fraction of sp³-hybridized carbons (Fsp3) is 0.184. The topological polar surface area (TPSA) is 0 Å². The largest absolute Gasteiger partial charge is 0.214 e. The first kappa shape index (κ1) is 33.4. The van der Waals surface area contributed by atoms with Crippen molar-refractivity contribution in [2.75, 3.05) is 18.8 Å². The van der Waals surface area contributed by atoms with Gasteiger partial charge >= 0.3 is 0 Å². The van der Waals surface area contributed by atoms with Crippen LogP contribution in [0.5, 0.6) is 0 Å². The normalized spacial score (nSPS) is 15.3. The molecule has 0 unspecified atom stereocenters. The zero-order valence-corrected chi connectivity index (χ0v) is 34.5. The van der Waals surface area contributed by atoms with Crippen LogP contribution in [0.15, 0.2) is 131 Å². The van der Waals surface area contributed by atoms with Crippen LogP contribution in [-0.2, 0) is 10.8 Å². The van der Waals surface area contributed by atoms with E-state index in [2.05, 4.69) is 173 Å². The number of hydrogen-bond acceptors (Lipinski definition) is 3. The molecule has 0 saturated heterocycles. The van der Waals surface area contributed by atoms with Crippen LogP contribution in [0.4, 0.5) is 0 Å². The van der Waals surface area contributed by atoms with Crippen molar-refractivity contribution in [1.29, 1.82) is 0 Å².